The molecule has 0 amide bonds. The molecule has 0 spiro atoms. The lowest BCUT2D eigenvalue weighted by Crippen LogP contribution is -2.33. The van der Waals surface area contributed by atoms with Crippen LogP contribution in [0.1, 0.15) is 19.4 Å². The van der Waals surface area contributed by atoms with Gasteiger partial charge in [0.15, 0.2) is 11.6 Å². The van der Waals surface area contributed by atoms with Gasteiger partial charge in [-0.2, -0.15) is 0 Å². The second-order valence-corrected chi connectivity index (χ2v) is 4.53. The molecule has 1 aromatic carbocycles. The highest BCUT2D eigenvalue weighted by Gasteiger charge is 2.21. The summed E-state index contributed by atoms with van der Waals surface area (Å²) in [4.78, 5) is 10.2. The van der Waals surface area contributed by atoms with E-state index in [9.17, 15) is 9.18 Å². The van der Waals surface area contributed by atoms with Crippen LogP contribution in [0.3, 0.4) is 0 Å². The molecule has 0 saturated heterocycles. The monoisotopic (exact) mass is 239 g/mol. The third kappa shape index (κ3) is 3.53. The third-order valence-electron chi connectivity index (χ3n) is 2.73. The van der Waals surface area contributed by atoms with Crippen LogP contribution in [0.15, 0.2) is 18.2 Å². The van der Waals surface area contributed by atoms with Gasteiger partial charge in [-0.3, -0.25) is 0 Å². The highest BCUT2D eigenvalue weighted by atomic mass is 19.1. The maximum Gasteiger partial charge on any atom is 0.165 e. The number of carbonyl (C=O) groups excluding carboxylic acids is 1. The van der Waals surface area contributed by atoms with Crippen molar-refractivity contribution < 1.29 is 13.9 Å². The quantitative estimate of drug-likeness (QED) is 0.608. The van der Waals surface area contributed by atoms with E-state index in [2.05, 4.69) is 5.32 Å². The van der Waals surface area contributed by atoms with Crippen molar-refractivity contribution in [2.75, 3.05) is 20.2 Å². The zero-order valence-electron chi connectivity index (χ0n) is 10.4. The largest absolute Gasteiger partial charge is 0.494 e. The van der Waals surface area contributed by atoms with Gasteiger partial charge in [-0.1, -0.05) is 19.9 Å². The van der Waals surface area contributed by atoms with E-state index in [-0.39, 0.29) is 17.0 Å². The average Bonchev–Trinajstić information content (AvgIpc) is 2.29. The van der Waals surface area contributed by atoms with E-state index < -0.39 is 0 Å². The summed E-state index contributed by atoms with van der Waals surface area (Å²) in [6.07, 6.45) is 0.810. The Hall–Kier alpha value is -1.42. The van der Waals surface area contributed by atoms with Gasteiger partial charge < -0.3 is 14.8 Å². The molecule has 0 saturated carbocycles. The topological polar surface area (TPSA) is 38.3 Å². The fourth-order valence-electron chi connectivity index (χ4n) is 1.63. The van der Waals surface area contributed by atoms with E-state index in [1.807, 2.05) is 19.9 Å². The Labute approximate surface area is 101 Å². The highest BCUT2D eigenvalue weighted by Crippen LogP contribution is 2.26. The Morgan fingerprint density at radius 3 is 2.71 bits per heavy atom. The first-order valence-electron chi connectivity index (χ1n) is 5.49. The fourth-order valence-corrected chi connectivity index (χ4v) is 1.63. The van der Waals surface area contributed by atoms with Crippen molar-refractivity contribution in [3.63, 3.8) is 0 Å². The van der Waals surface area contributed by atoms with Crippen molar-refractivity contribution in [3.8, 4) is 5.75 Å². The van der Waals surface area contributed by atoms with E-state index in [1.54, 1.807) is 6.07 Å². The van der Waals surface area contributed by atoms with Gasteiger partial charge in [-0.25, -0.2) is 4.39 Å². The number of hydrogen-bond acceptors (Lipinski definition) is 3. The number of halogens is 1. The molecule has 0 heterocycles. The summed E-state index contributed by atoms with van der Waals surface area (Å²) in [7, 11) is 1.44. The predicted octanol–water partition coefficient (Wildman–Crippen LogP) is 1.90. The first-order chi connectivity index (χ1) is 8.01. The molecule has 0 fully saturated rings. The lowest BCUT2D eigenvalue weighted by atomic mass is 9.84. The number of hydrogen-bond donors (Lipinski definition) is 1. The van der Waals surface area contributed by atoms with E-state index in [0.29, 0.717) is 13.1 Å². The SMILES string of the molecule is COc1ccc(C(C)(C)CNCC=O)cc1F. The molecule has 0 aliphatic carbocycles. The molecule has 0 aromatic heterocycles. The van der Waals surface area contributed by atoms with Crippen LogP contribution in [0.25, 0.3) is 0 Å². The number of carbonyl (C=O) groups is 1. The number of ether oxygens (including phenoxy) is 1. The minimum atomic E-state index is -0.367. The molecule has 0 aliphatic rings. The van der Waals surface area contributed by atoms with Crippen molar-refractivity contribution in [2.24, 2.45) is 0 Å². The molecule has 0 aliphatic heterocycles. The molecule has 94 valence electrons. The van der Waals surface area contributed by atoms with Crippen molar-refractivity contribution in [1.82, 2.24) is 5.32 Å². The number of methoxy groups -OCH3 is 1. The lowest BCUT2D eigenvalue weighted by Gasteiger charge is -2.25. The molecule has 17 heavy (non-hydrogen) atoms. The van der Waals surface area contributed by atoms with Crippen molar-refractivity contribution in [1.29, 1.82) is 0 Å². The summed E-state index contributed by atoms with van der Waals surface area (Å²) in [5, 5.41) is 3.00. The molecule has 1 N–H and O–H groups in total. The molecule has 4 heteroatoms. The number of benzene rings is 1. The van der Waals surface area contributed by atoms with Crippen LogP contribution in [-0.4, -0.2) is 26.5 Å². The minimum Gasteiger partial charge on any atom is -0.494 e. The molecule has 1 aromatic rings. The Morgan fingerprint density at radius 1 is 1.47 bits per heavy atom. The van der Waals surface area contributed by atoms with E-state index in [0.717, 1.165) is 11.8 Å². The van der Waals surface area contributed by atoms with Gasteiger partial charge in [0.25, 0.3) is 0 Å². The van der Waals surface area contributed by atoms with Gasteiger partial charge >= 0.3 is 0 Å². The van der Waals surface area contributed by atoms with Gasteiger partial charge in [-0.15, -0.1) is 0 Å². The molecule has 0 atom stereocenters. The van der Waals surface area contributed by atoms with Gasteiger partial charge in [0.05, 0.1) is 13.7 Å². The summed E-state index contributed by atoms with van der Waals surface area (Å²) in [6.45, 7) is 4.90. The molecule has 0 bridgehead atoms. The smallest absolute Gasteiger partial charge is 0.165 e. The van der Waals surface area contributed by atoms with E-state index >= 15 is 0 Å². The molecule has 0 radical (unpaired) electrons. The maximum absolute atomic E-state index is 13.6. The first kappa shape index (κ1) is 13.6. The van der Waals surface area contributed by atoms with Crippen LogP contribution < -0.4 is 10.1 Å². The number of rotatable bonds is 6. The van der Waals surface area contributed by atoms with Crippen LogP contribution in [0.5, 0.6) is 5.75 Å². The zero-order valence-corrected chi connectivity index (χ0v) is 10.4. The fraction of sp³-hybridized carbons (Fsp3) is 0.462. The Morgan fingerprint density at radius 2 is 2.18 bits per heavy atom. The molecule has 1 rings (SSSR count). The van der Waals surface area contributed by atoms with Crippen LogP contribution >= 0.6 is 0 Å². The standard InChI is InChI=1S/C13H18FNO2/c1-13(2,9-15-6-7-16)10-4-5-12(17-3)11(14)8-10/h4-5,7-8,15H,6,9H2,1-3H3. The normalized spacial score (nSPS) is 11.3. The summed E-state index contributed by atoms with van der Waals surface area (Å²) in [5.41, 5.74) is 0.630. The second kappa shape index (κ2) is 5.77. The second-order valence-electron chi connectivity index (χ2n) is 4.53. The van der Waals surface area contributed by atoms with Crippen molar-refractivity contribution >= 4 is 6.29 Å². The van der Waals surface area contributed by atoms with Crippen molar-refractivity contribution in [3.05, 3.63) is 29.6 Å². The Kier molecular flexibility index (Phi) is 4.63. The average molecular weight is 239 g/mol. The Balaban J connectivity index is 2.83. The molecular formula is C13H18FNO2. The summed E-state index contributed by atoms with van der Waals surface area (Å²) >= 11 is 0. The van der Waals surface area contributed by atoms with E-state index in [1.165, 1.54) is 13.2 Å². The maximum atomic E-state index is 13.6. The minimum absolute atomic E-state index is 0.240. The van der Waals surface area contributed by atoms with Gasteiger partial charge in [0.1, 0.15) is 6.29 Å². The van der Waals surface area contributed by atoms with Gasteiger partial charge in [-0.05, 0) is 17.7 Å². The van der Waals surface area contributed by atoms with Gasteiger partial charge in [0.2, 0.25) is 0 Å². The third-order valence-corrected chi connectivity index (χ3v) is 2.73. The number of nitrogens with one attached hydrogen (secondary N) is 1. The van der Waals surface area contributed by atoms with Crippen LogP contribution in [-0.2, 0) is 10.2 Å². The first-order valence-corrected chi connectivity index (χ1v) is 5.49. The summed E-state index contributed by atoms with van der Waals surface area (Å²) in [5.74, 6) is -0.126. The highest BCUT2D eigenvalue weighted by molar-refractivity contribution is 5.51. The lowest BCUT2D eigenvalue weighted by molar-refractivity contribution is -0.107. The molecule has 3 nitrogen and oxygen atoms in total. The summed E-state index contributed by atoms with van der Waals surface area (Å²) in [6, 6.07) is 4.93. The van der Waals surface area contributed by atoms with Crippen LogP contribution in [0.2, 0.25) is 0 Å². The Bertz CT molecular complexity index is 391. The van der Waals surface area contributed by atoms with Gasteiger partial charge in [0, 0.05) is 12.0 Å². The molecular weight excluding hydrogens is 221 g/mol. The number of aldehydes is 1. The van der Waals surface area contributed by atoms with E-state index in [4.69, 9.17) is 4.74 Å². The zero-order chi connectivity index (χ0) is 12.9. The van der Waals surface area contributed by atoms with Crippen LogP contribution in [0, 0.1) is 5.82 Å². The summed E-state index contributed by atoms with van der Waals surface area (Å²) < 4.78 is 18.4. The predicted molar refractivity (Wildman–Crippen MR) is 64.9 cm³/mol. The van der Waals surface area contributed by atoms with Crippen molar-refractivity contribution in [2.45, 2.75) is 19.3 Å². The van der Waals surface area contributed by atoms with Crippen LogP contribution in [0.4, 0.5) is 4.39 Å². The molecule has 0 unspecified atom stereocenters.